The van der Waals surface area contributed by atoms with Gasteiger partial charge in [-0.1, -0.05) is 0 Å². The maximum atomic E-state index is 10.9. The van der Waals surface area contributed by atoms with Crippen LogP contribution in [-0.4, -0.2) is 16.3 Å². The summed E-state index contributed by atoms with van der Waals surface area (Å²) in [7, 11) is 0. The topological polar surface area (TPSA) is 42.9 Å². The van der Waals surface area contributed by atoms with Crippen molar-refractivity contribution in [3.8, 4) is 10.6 Å². The molecule has 0 aliphatic heterocycles. The summed E-state index contributed by atoms with van der Waals surface area (Å²) >= 11 is 1.65. The lowest BCUT2D eigenvalue weighted by molar-refractivity contribution is 0.112. The van der Waals surface area contributed by atoms with Crippen LogP contribution in [-0.2, 0) is 0 Å². The maximum absolute atomic E-state index is 10.9. The summed E-state index contributed by atoms with van der Waals surface area (Å²) in [6, 6.07) is 7.54. The van der Waals surface area contributed by atoms with Crippen molar-refractivity contribution in [3.63, 3.8) is 0 Å². The molecule has 0 aliphatic rings. The maximum Gasteiger partial charge on any atom is 0.150 e. The molecule has 0 N–H and O–H groups in total. The fraction of sp³-hybridized carbons (Fsp3) is 0.0714. The fourth-order valence-electron chi connectivity index (χ4n) is 1.94. The molecule has 0 unspecified atom stereocenters. The molecule has 0 aliphatic carbocycles. The van der Waals surface area contributed by atoms with Gasteiger partial charge in [0, 0.05) is 10.9 Å². The van der Waals surface area contributed by atoms with Crippen molar-refractivity contribution in [3.05, 3.63) is 47.1 Å². The zero-order chi connectivity index (χ0) is 12.5. The van der Waals surface area contributed by atoms with Gasteiger partial charge in [-0.05, 0) is 42.1 Å². The van der Waals surface area contributed by atoms with Crippen molar-refractivity contribution < 1.29 is 4.79 Å². The van der Waals surface area contributed by atoms with Crippen LogP contribution in [0.25, 0.3) is 21.5 Å². The Bertz CT molecular complexity index is 733. The number of nitrogens with zero attached hydrogens (tertiary/aromatic N) is 2. The molecular weight excluding hydrogens is 244 g/mol. The number of rotatable bonds is 2. The van der Waals surface area contributed by atoms with Crippen LogP contribution in [0.15, 0.2) is 36.0 Å². The van der Waals surface area contributed by atoms with Gasteiger partial charge in [0.2, 0.25) is 0 Å². The van der Waals surface area contributed by atoms with Gasteiger partial charge in [0.15, 0.2) is 0 Å². The van der Waals surface area contributed by atoms with E-state index >= 15 is 0 Å². The molecule has 0 spiro atoms. The van der Waals surface area contributed by atoms with Gasteiger partial charge in [-0.15, -0.1) is 11.3 Å². The lowest BCUT2D eigenvalue weighted by atomic mass is 10.1. The van der Waals surface area contributed by atoms with Crippen LogP contribution in [0.4, 0.5) is 0 Å². The molecule has 2 aromatic heterocycles. The highest BCUT2D eigenvalue weighted by atomic mass is 32.1. The first-order valence-electron chi connectivity index (χ1n) is 5.54. The van der Waals surface area contributed by atoms with Crippen molar-refractivity contribution >= 4 is 28.5 Å². The monoisotopic (exact) mass is 254 g/mol. The van der Waals surface area contributed by atoms with Crippen molar-refractivity contribution in [2.24, 2.45) is 0 Å². The molecule has 18 heavy (non-hydrogen) atoms. The Morgan fingerprint density at radius 3 is 2.83 bits per heavy atom. The third-order valence-corrected chi connectivity index (χ3v) is 3.90. The Morgan fingerprint density at radius 2 is 2.11 bits per heavy atom. The van der Waals surface area contributed by atoms with E-state index in [-0.39, 0.29) is 0 Å². The number of carbonyl (C=O) groups is 1. The average molecular weight is 254 g/mol. The molecule has 0 amide bonds. The van der Waals surface area contributed by atoms with Crippen molar-refractivity contribution in [2.75, 3.05) is 0 Å². The Kier molecular flexibility index (Phi) is 2.64. The first-order valence-corrected chi connectivity index (χ1v) is 6.42. The van der Waals surface area contributed by atoms with Crippen LogP contribution in [0.2, 0.25) is 0 Å². The van der Waals surface area contributed by atoms with Gasteiger partial charge in [0.05, 0.1) is 16.1 Å². The summed E-state index contributed by atoms with van der Waals surface area (Å²) in [6.07, 6.45) is 2.41. The van der Waals surface area contributed by atoms with E-state index in [9.17, 15) is 4.79 Å². The van der Waals surface area contributed by atoms with Crippen LogP contribution in [0.3, 0.4) is 0 Å². The van der Waals surface area contributed by atoms with Crippen LogP contribution >= 0.6 is 11.3 Å². The third kappa shape index (κ3) is 1.71. The Balaban J connectivity index is 2.35. The molecule has 0 radical (unpaired) electrons. The smallest absolute Gasteiger partial charge is 0.150 e. The van der Waals surface area contributed by atoms with Gasteiger partial charge < -0.3 is 0 Å². The van der Waals surface area contributed by atoms with Gasteiger partial charge in [-0.25, -0.2) is 9.97 Å². The SMILES string of the molecule is Cc1ccsc1-c1ncnc2ccc(C=O)cc12. The number of hydrogen-bond acceptors (Lipinski definition) is 4. The Hall–Kier alpha value is -2.07. The predicted octanol–water partition coefficient (Wildman–Crippen LogP) is 3.48. The molecule has 4 heteroatoms. The molecule has 0 fully saturated rings. The van der Waals surface area contributed by atoms with Crippen LogP contribution in [0.5, 0.6) is 0 Å². The van der Waals surface area contributed by atoms with Crippen molar-refractivity contribution in [1.29, 1.82) is 0 Å². The number of fused-ring (bicyclic) bond motifs is 1. The molecule has 0 saturated heterocycles. The summed E-state index contributed by atoms with van der Waals surface area (Å²) in [5.41, 5.74) is 3.60. The first-order chi connectivity index (χ1) is 8.79. The summed E-state index contributed by atoms with van der Waals surface area (Å²) in [5, 5.41) is 2.97. The summed E-state index contributed by atoms with van der Waals surface area (Å²) in [5.74, 6) is 0. The molecule has 3 rings (SSSR count). The first kappa shape index (κ1) is 11.0. The number of carbonyl (C=O) groups excluding carboxylic acids is 1. The molecule has 0 saturated carbocycles. The van der Waals surface area contributed by atoms with Crippen molar-refractivity contribution in [2.45, 2.75) is 6.92 Å². The quantitative estimate of drug-likeness (QED) is 0.657. The van der Waals surface area contributed by atoms with E-state index in [1.165, 1.54) is 5.56 Å². The molecule has 0 atom stereocenters. The molecule has 2 heterocycles. The van der Waals surface area contributed by atoms with E-state index in [2.05, 4.69) is 23.0 Å². The molecular formula is C14H10N2OS. The zero-order valence-corrected chi connectivity index (χ0v) is 10.6. The Morgan fingerprint density at radius 1 is 1.22 bits per heavy atom. The van der Waals surface area contributed by atoms with E-state index in [0.717, 1.165) is 27.8 Å². The Labute approximate surface area is 108 Å². The number of hydrogen-bond donors (Lipinski definition) is 0. The van der Waals surface area contributed by atoms with Gasteiger partial charge in [-0.2, -0.15) is 0 Å². The lowest BCUT2D eigenvalue weighted by Crippen LogP contribution is -1.90. The number of aldehydes is 1. The molecule has 1 aromatic carbocycles. The lowest BCUT2D eigenvalue weighted by Gasteiger charge is -2.04. The number of aryl methyl sites for hydroxylation is 1. The summed E-state index contributed by atoms with van der Waals surface area (Å²) in [4.78, 5) is 20.6. The van der Waals surface area contributed by atoms with Gasteiger partial charge in [0.25, 0.3) is 0 Å². The number of aromatic nitrogens is 2. The fourth-order valence-corrected chi connectivity index (χ4v) is 2.88. The summed E-state index contributed by atoms with van der Waals surface area (Å²) < 4.78 is 0. The van der Waals surface area contributed by atoms with E-state index in [1.807, 2.05) is 17.5 Å². The highest BCUT2D eigenvalue weighted by Crippen LogP contribution is 2.32. The molecule has 0 bridgehead atoms. The zero-order valence-electron chi connectivity index (χ0n) is 9.75. The average Bonchev–Trinajstić information content (AvgIpc) is 2.83. The minimum Gasteiger partial charge on any atom is -0.298 e. The summed E-state index contributed by atoms with van der Waals surface area (Å²) in [6.45, 7) is 2.06. The molecule has 3 aromatic rings. The normalized spacial score (nSPS) is 10.7. The van der Waals surface area contributed by atoms with Gasteiger partial charge in [0.1, 0.15) is 12.6 Å². The van der Waals surface area contributed by atoms with E-state index in [0.29, 0.717) is 5.56 Å². The minimum atomic E-state index is 0.646. The van der Waals surface area contributed by atoms with Gasteiger partial charge in [-0.3, -0.25) is 4.79 Å². The highest BCUT2D eigenvalue weighted by Gasteiger charge is 2.10. The van der Waals surface area contributed by atoms with Gasteiger partial charge >= 0.3 is 0 Å². The number of benzene rings is 1. The second-order valence-electron chi connectivity index (χ2n) is 4.05. The third-order valence-electron chi connectivity index (χ3n) is 2.87. The highest BCUT2D eigenvalue weighted by molar-refractivity contribution is 7.13. The van der Waals surface area contributed by atoms with Crippen LogP contribution in [0, 0.1) is 6.92 Å². The second kappa shape index (κ2) is 4.31. The standard InChI is InChI=1S/C14H10N2OS/c1-9-4-5-18-14(9)13-11-6-10(7-17)2-3-12(11)15-8-16-13/h2-8H,1H3. The molecule has 88 valence electrons. The number of thiophene rings is 1. The largest absolute Gasteiger partial charge is 0.298 e. The van der Waals surface area contributed by atoms with E-state index in [1.54, 1.807) is 23.7 Å². The predicted molar refractivity (Wildman–Crippen MR) is 73.0 cm³/mol. The van der Waals surface area contributed by atoms with E-state index < -0.39 is 0 Å². The minimum absolute atomic E-state index is 0.646. The van der Waals surface area contributed by atoms with Crippen LogP contribution < -0.4 is 0 Å². The van der Waals surface area contributed by atoms with Crippen LogP contribution in [0.1, 0.15) is 15.9 Å². The molecule has 3 nitrogen and oxygen atoms in total. The van der Waals surface area contributed by atoms with E-state index in [4.69, 9.17) is 0 Å². The van der Waals surface area contributed by atoms with Crippen molar-refractivity contribution in [1.82, 2.24) is 9.97 Å². The second-order valence-corrected chi connectivity index (χ2v) is 4.97.